The highest BCUT2D eigenvalue weighted by Crippen LogP contribution is 2.29. The Balaban J connectivity index is 1.88. The molecule has 1 heterocycles. The minimum Gasteiger partial charge on any atom is -0.493 e. The van der Waals surface area contributed by atoms with E-state index < -0.39 is 0 Å². The zero-order valence-corrected chi connectivity index (χ0v) is 15.7. The molecule has 0 fully saturated rings. The average Bonchev–Trinajstić information content (AvgIpc) is 2.66. The monoisotopic (exact) mass is 373 g/mol. The molecule has 1 aromatic heterocycles. The highest BCUT2D eigenvalue weighted by Gasteiger charge is 2.13. The van der Waals surface area contributed by atoms with Crippen molar-refractivity contribution >= 4 is 17.5 Å². The standard InChI is InChI=1S/C19H23N3O5/c1-12(14-5-7-16(25-3)17(9-14)26-4)21-18(24)11-27-19-8-6-15(10-20-19)22-13(2)23/h5-10,12H,11H2,1-4H3,(H,21,24)(H,22,23)/t12-/m0/s1. The lowest BCUT2D eigenvalue weighted by Gasteiger charge is -2.16. The van der Waals surface area contributed by atoms with Crippen LogP contribution < -0.4 is 24.8 Å². The number of aromatic nitrogens is 1. The molecule has 0 bridgehead atoms. The first kappa shape index (κ1) is 20.0. The van der Waals surface area contributed by atoms with Gasteiger partial charge in [-0.2, -0.15) is 0 Å². The van der Waals surface area contributed by atoms with Crippen LogP contribution in [-0.2, 0) is 9.59 Å². The topological polar surface area (TPSA) is 98.8 Å². The summed E-state index contributed by atoms with van der Waals surface area (Å²) in [5.41, 5.74) is 1.43. The number of carbonyl (C=O) groups excluding carboxylic acids is 2. The van der Waals surface area contributed by atoms with Crippen LogP contribution in [0.15, 0.2) is 36.5 Å². The van der Waals surface area contributed by atoms with Crippen LogP contribution in [0.25, 0.3) is 0 Å². The van der Waals surface area contributed by atoms with E-state index in [0.29, 0.717) is 17.2 Å². The summed E-state index contributed by atoms with van der Waals surface area (Å²) in [6.07, 6.45) is 1.46. The minimum absolute atomic E-state index is 0.176. The Labute approximate surface area is 157 Å². The van der Waals surface area contributed by atoms with Gasteiger partial charge >= 0.3 is 0 Å². The van der Waals surface area contributed by atoms with Crippen molar-refractivity contribution in [2.75, 3.05) is 26.1 Å². The fourth-order valence-electron chi connectivity index (χ4n) is 2.37. The van der Waals surface area contributed by atoms with Crippen LogP contribution in [0.1, 0.15) is 25.5 Å². The number of nitrogens with zero attached hydrogens (tertiary/aromatic N) is 1. The zero-order chi connectivity index (χ0) is 19.8. The molecule has 27 heavy (non-hydrogen) atoms. The van der Waals surface area contributed by atoms with E-state index in [1.165, 1.54) is 13.1 Å². The minimum atomic E-state index is -0.287. The Morgan fingerprint density at radius 1 is 1.11 bits per heavy atom. The van der Waals surface area contributed by atoms with Gasteiger partial charge in [0.15, 0.2) is 18.1 Å². The van der Waals surface area contributed by atoms with Crippen molar-refractivity contribution in [1.29, 1.82) is 0 Å². The molecule has 0 aliphatic rings. The van der Waals surface area contributed by atoms with Crippen LogP contribution in [-0.4, -0.2) is 37.6 Å². The summed E-state index contributed by atoms with van der Waals surface area (Å²) in [6, 6.07) is 8.44. The second kappa shape index (κ2) is 9.42. The van der Waals surface area contributed by atoms with Crippen LogP contribution in [0.2, 0.25) is 0 Å². The summed E-state index contributed by atoms with van der Waals surface area (Å²) < 4.78 is 15.8. The van der Waals surface area contributed by atoms with Crippen molar-refractivity contribution in [1.82, 2.24) is 10.3 Å². The number of nitrogens with one attached hydrogen (secondary N) is 2. The Morgan fingerprint density at radius 2 is 1.85 bits per heavy atom. The van der Waals surface area contributed by atoms with E-state index >= 15 is 0 Å². The smallest absolute Gasteiger partial charge is 0.258 e. The number of carbonyl (C=O) groups is 2. The molecular formula is C19H23N3O5. The fourth-order valence-corrected chi connectivity index (χ4v) is 2.37. The Kier molecular flexibility index (Phi) is 6.99. The molecule has 2 amide bonds. The normalized spacial score (nSPS) is 11.3. The van der Waals surface area contributed by atoms with Crippen molar-refractivity contribution in [3.8, 4) is 17.4 Å². The van der Waals surface area contributed by atoms with Crippen molar-refractivity contribution in [3.05, 3.63) is 42.1 Å². The van der Waals surface area contributed by atoms with E-state index in [9.17, 15) is 9.59 Å². The maximum absolute atomic E-state index is 12.1. The number of amides is 2. The van der Waals surface area contributed by atoms with Gasteiger partial charge in [0.2, 0.25) is 11.8 Å². The third-order valence-corrected chi connectivity index (χ3v) is 3.69. The number of methoxy groups -OCH3 is 2. The Bertz CT molecular complexity index is 792. The predicted octanol–water partition coefficient (Wildman–Crippen LogP) is 2.31. The summed E-state index contributed by atoms with van der Waals surface area (Å²) in [7, 11) is 3.12. The molecule has 144 valence electrons. The number of pyridine rings is 1. The lowest BCUT2D eigenvalue weighted by molar-refractivity contribution is -0.123. The van der Waals surface area contributed by atoms with Crippen molar-refractivity contribution in [2.24, 2.45) is 0 Å². The fraction of sp³-hybridized carbons (Fsp3) is 0.316. The van der Waals surface area contributed by atoms with Gasteiger partial charge in [-0.1, -0.05) is 6.07 Å². The third-order valence-electron chi connectivity index (χ3n) is 3.69. The van der Waals surface area contributed by atoms with Gasteiger partial charge in [0.25, 0.3) is 5.91 Å². The maximum atomic E-state index is 12.1. The van der Waals surface area contributed by atoms with E-state index in [-0.39, 0.29) is 30.3 Å². The molecule has 1 aromatic carbocycles. The highest BCUT2D eigenvalue weighted by molar-refractivity contribution is 5.88. The molecule has 0 spiro atoms. The van der Waals surface area contributed by atoms with Crippen molar-refractivity contribution in [2.45, 2.75) is 19.9 Å². The molecule has 2 rings (SSSR count). The number of hydrogen-bond donors (Lipinski definition) is 2. The van der Waals surface area contributed by atoms with E-state index in [4.69, 9.17) is 14.2 Å². The molecule has 0 unspecified atom stereocenters. The lowest BCUT2D eigenvalue weighted by atomic mass is 10.1. The SMILES string of the molecule is COc1ccc([C@H](C)NC(=O)COc2ccc(NC(C)=O)cn2)cc1OC. The molecule has 2 N–H and O–H groups in total. The summed E-state index contributed by atoms with van der Waals surface area (Å²) in [5.74, 6) is 1.03. The van der Waals surface area contributed by atoms with Crippen LogP contribution in [0, 0.1) is 0 Å². The van der Waals surface area contributed by atoms with Gasteiger partial charge in [-0.05, 0) is 30.7 Å². The Hall–Kier alpha value is -3.29. The summed E-state index contributed by atoms with van der Waals surface area (Å²) in [5, 5.41) is 5.45. The van der Waals surface area contributed by atoms with Gasteiger partial charge in [-0.25, -0.2) is 4.98 Å². The number of ether oxygens (including phenoxy) is 3. The molecule has 0 aliphatic carbocycles. The Morgan fingerprint density at radius 3 is 2.44 bits per heavy atom. The number of anilines is 1. The van der Waals surface area contributed by atoms with E-state index in [1.807, 2.05) is 19.1 Å². The second-order valence-corrected chi connectivity index (χ2v) is 5.76. The summed E-state index contributed by atoms with van der Waals surface area (Å²) in [6.45, 7) is 3.10. The van der Waals surface area contributed by atoms with Crippen LogP contribution in [0.3, 0.4) is 0 Å². The molecule has 8 heteroatoms. The van der Waals surface area contributed by atoms with Crippen molar-refractivity contribution in [3.63, 3.8) is 0 Å². The molecule has 2 aromatic rings. The van der Waals surface area contributed by atoms with Gasteiger partial charge in [0.1, 0.15) is 0 Å². The first-order valence-electron chi connectivity index (χ1n) is 8.30. The number of benzene rings is 1. The first-order valence-corrected chi connectivity index (χ1v) is 8.30. The van der Waals surface area contributed by atoms with Gasteiger partial charge in [-0.3, -0.25) is 9.59 Å². The molecule has 0 saturated carbocycles. The zero-order valence-electron chi connectivity index (χ0n) is 15.7. The van der Waals surface area contributed by atoms with Gasteiger partial charge in [0, 0.05) is 13.0 Å². The van der Waals surface area contributed by atoms with Gasteiger partial charge < -0.3 is 24.8 Å². The summed E-state index contributed by atoms with van der Waals surface area (Å²) >= 11 is 0. The average molecular weight is 373 g/mol. The molecule has 0 saturated heterocycles. The van der Waals surface area contributed by atoms with E-state index in [2.05, 4.69) is 15.6 Å². The first-order chi connectivity index (χ1) is 12.9. The van der Waals surface area contributed by atoms with Crippen LogP contribution in [0.4, 0.5) is 5.69 Å². The molecule has 8 nitrogen and oxygen atoms in total. The maximum Gasteiger partial charge on any atom is 0.258 e. The number of rotatable bonds is 8. The third kappa shape index (κ3) is 5.88. The van der Waals surface area contributed by atoms with E-state index in [0.717, 1.165) is 5.56 Å². The van der Waals surface area contributed by atoms with Crippen molar-refractivity contribution < 1.29 is 23.8 Å². The second-order valence-electron chi connectivity index (χ2n) is 5.76. The van der Waals surface area contributed by atoms with Crippen LogP contribution in [0.5, 0.6) is 17.4 Å². The van der Waals surface area contributed by atoms with Crippen LogP contribution >= 0.6 is 0 Å². The quantitative estimate of drug-likeness (QED) is 0.737. The molecule has 0 aliphatic heterocycles. The predicted molar refractivity (Wildman–Crippen MR) is 100 cm³/mol. The largest absolute Gasteiger partial charge is 0.493 e. The highest BCUT2D eigenvalue weighted by atomic mass is 16.5. The molecule has 1 atom stereocenters. The lowest BCUT2D eigenvalue weighted by Crippen LogP contribution is -2.31. The van der Waals surface area contributed by atoms with Gasteiger partial charge in [-0.15, -0.1) is 0 Å². The van der Waals surface area contributed by atoms with E-state index in [1.54, 1.807) is 32.4 Å². The molecular weight excluding hydrogens is 350 g/mol. The molecule has 0 radical (unpaired) electrons. The number of hydrogen-bond acceptors (Lipinski definition) is 6. The summed E-state index contributed by atoms with van der Waals surface area (Å²) in [4.78, 5) is 27.1. The van der Waals surface area contributed by atoms with Gasteiger partial charge in [0.05, 0.1) is 32.1 Å².